The largest absolute Gasteiger partial charge is 0.416 e. The number of halogens is 3. The normalized spacial score (nSPS) is 18.3. The minimum atomic E-state index is -4.30. The fraction of sp³-hybridized carbons (Fsp3) is 0.385. The first-order valence-corrected chi connectivity index (χ1v) is 6.99. The molecule has 0 aromatic heterocycles. The summed E-state index contributed by atoms with van der Waals surface area (Å²) in [6.45, 7) is 1.08. The van der Waals surface area contributed by atoms with Gasteiger partial charge in [-0.2, -0.15) is 13.2 Å². The van der Waals surface area contributed by atoms with Crippen LogP contribution >= 0.6 is 11.8 Å². The number of thioether (sulfide) groups is 1. The van der Waals surface area contributed by atoms with E-state index in [9.17, 15) is 13.2 Å². The number of benzene rings is 1. The molecule has 0 saturated carbocycles. The highest BCUT2D eigenvalue weighted by Crippen LogP contribution is 2.45. The number of hydrogen-bond acceptors (Lipinski definition) is 3. The molecule has 0 aliphatic carbocycles. The predicted octanol–water partition coefficient (Wildman–Crippen LogP) is 3.60. The van der Waals surface area contributed by atoms with Gasteiger partial charge in [-0.1, -0.05) is 6.08 Å². The molecule has 2 aliphatic rings. The molecule has 2 nitrogen and oxygen atoms in total. The molecule has 0 spiro atoms. The maximum absolute atomic E-state index is 13.0. The third-order valence-corrected chi connectivity index (χ3v) is 4.41. The first-order valence-electron chi connectivity index (χ1n) is 6.00. The molecule has 0 saturated heterocycles. The van der Waals surface area contributed by atoms with E-state index in [2.05, 4.69) is 5.32 Å². The Labute approximate surface area is 113 Å². The van der Waals surface area contributed by atoms with Crippen LogP contribution in [0, 0.1) is 0 Å². The Balaban J connectivity index is 2.14. The molecule has 0 radical (unpaired) electrons. The van der Waals surface area contributed by atoms with E-state index >= 15 is 0 Å². The molecule has 1 N–H and O–H groups in total. The van der Waals surface area contributed by atoms with E-state index in [0.29, 0.717) is 5.69 Å². The molecule has 19 heavy (non-hydrogen) atoms. The number of anilines is 2. The van der Waals surface area contributed by atoms with Crippen molar-refractivity contribution in [2.45, 2.75) is 11.1 Å². The SMILES string of the molecule is CN1CCSc2cc3c(cc21)C(C(F)(F)F)=CCN3. The minimum Gasteiger partial charge on any atom is -0.381 e. The van der Waals surface area contributed by atoms with Crippen LogP contribution in [0.3, 0.4) is 0 Å². The third-order valence-electron chi connectivity index (χ3n) is 3.39. The van der Waals surface area contributed by atoms with Crippen molar-refractivity contribution in [1.82, 2.24) is 0 Å². The van der Waals surface area contributed by atoms with Gasteiger partial charge in [-0.15, -0.1) is 11.8 Å². The molecule has 2 aliphatic heterocycles. The van der Waals surface area contributed by atoms with Gasteiger partial charge in [0.05, 0.1) is 11.3 Å². The van der Waals surface area contributed by atoms with Crippen molar-refractivity contribution < 1.29 is 13.2 Å². The molecule has 0 fully saturated rings. The molecular formula is C13H13F3N2S. The number of hydrogen-bond donors (Lipinski definition) is 1. The van der Waals surface area contributed by atoms with Crippen molar-refractivity contribution >= 4 is 28.7 Å². The zero-order valence-electron chi connectivity index (χ0n) is 10.3. The van der Waals surface area contributed by atoms with Crippen LogP contribution in [0.15, 0.2) is 23.1 Å². The van der Waals surface area contributed by atoms with Gasteiger partial charge in [0.2, 0.25) is 0 Å². The molecule has 2 heterocycles. The summed E-state index contributed by atoms with van der Waals surface area (Å²) >= 11 is 1.69. The Hall–Kier alpha value is -1.30. The first kappa shape index (κ1) is 12.7. The van der Waals surface area contributed by atoms with Gasteiger partial charge in [-0.3, -0.25) is 0 Å². The molecule has 6 heteroatoms. The van der Waals surface area contributed by atoms with Crippen molar-refractivity contribution in [2.75, 3.05) is 36.1 Å². The van der Waals surface area contributed by atoms with Crippen molar-refractivity contribution in [3.63, 3.8) is 0 Å². The van der Waals surface area contributed by atoms with Gasteiger partial charge in [0.15, 0.2) is 0 Å². The molecule has 1 aromatic carbocycles. The van der Waals surface area contributed by atoms with Crippen LogP contribution in [0.2, 0.25) is 0 Å². The second-order valence-corrected chi connectivity index (χ2v) is 5.77. The van der Waals surface area contributed by atoms with Crippen LogP contribution in [0.4, 0.5) is 24.5 Å². The fourth-order valence-electron chi connectivity index (χ4n) is 2.41. The van der Waals surface area contributed by atoms with E-state index in [0.717, 1.165) is 22.9 Å². The van der Waals surface area contributed by atoms with E-state index < -0.39 is 11.7 Å². The van der Waals surface area contributed by atoms with Crippen LogP contribution < -0.4 is 10.2 Å². The average Bonchev–Trinajstić information content (AvgIpc) is 2.35. The molecule has 0 unspecified atom stereocenters. The molecule has 0 amide bonds. The lowest BCUT2D eigenvalue weighted by molar-refractivity contribution is -0.0690. The second kappa shape index (κ2) is 4.37. The van der Waals surface area contributed by atoms with E-state index in [1.165, 1.54) is 6.08 Å². The zero-order chi connectivity index (χ0) is 13.6. The van der Waals surface area contributed by atoms with Crippen LogP contribution in [0.1, 0.15) is 5.56 Å². The lowest BCUT2D eigenvalue weighted by Gasteiger charge is -2.30. The lowest BCUT2D eigenvalue weighted by Crippen LogP contribution is -2.25. The second-order valence-electron chi connectivity index (χ2n) is 4.63. The summed E-state index contributed by atoms with van der Waals surface area (Å²) in [6, 6.07) is 3.49. The van der Waals surface area contributed by atoms with Gasteiger partial charge < -0.3 is 10.2 Å². The van der Waals surface area contributed by atoms with Crippen LogP contribution in [0.5, 0.6) is 0 Å². The summed E-state index contributed by atoms with van der Waals surface area (Å²) in [7, 11) is 1.91. The van der Waals surface area contributed by atoms with E-state index in [4.69, 9.17) is 0 Å². The molecule has 3 rings (SSSR count). The van der Waals surface area contributed by atoms with Crippen LogP contribution in [-0.4, -0.2) is 32.1 Å². The van der Waals surface area contributed by atoms with E-state index in [1.54, 1.807) is 17.8 Å². The van der Waals surface area contributed by atoms with Crippen LogP contribution in [-0.2, 0) is 0 Å². The zero-order valence-corrected chi connectivity index (χ0v) is 11.2. The van der Waals surface area contributed by atoms with Crippen molar-refractivity contribution in [3.8, 4) is 0 Å². The molecule has 0 bridgehead atoms. The molecule has 1 aromatic rings. The number of rotatable bonds is 0. The van der Waals surface area contributed by atoms with Gasteiger partial charge >= 0.3 is 6.18 Å². The van der Waals surface area contributed by atoms with Gasteiger partial charge in [0, 0.05) is 42.0 Å². The Morgan fingerprint density at radius 3 is 2.84 bits per heavy atom. The topological polar surface area (TPSA) is 15.3 Å². The number of fused-ring (bicyclic) bond motifs is 2. The Morgan fingerprint density at radius 1 is 1.32 bits per heavy atom. The Kier molecular flexibility index (Phi) is 2.92. The van der Waals surface area contributed by atoms with Crippen molar-refractivity contribution in [1.29, 1.82) is 0 Å². The fourth-order valence-corrected chi connectivity index (χ4v) is 3.55. The summed E-state index contributed by atoms with van der Waals surface area (Å²) in [5.41, 5.74) is 1.19. The number of nitrogens with zero attached hydrogens (tertiary/aromatic N) is 1. The average molecular weight is 286 g/mol. The number of alkyl halides is 3. The maximum Gasteiger partial charge on any atom is 0.416 e. The smallest absolute Gasteiger partial charge is 0.381 e. The number of allylic oxidation sites excluding steroid dienone is 1. The van der Waals surface area contributed by atoms with E-state index in [-0.39, 0.29) is 12.1 Å². The molecule has 102 valence electrons. The Bertz CT molecular complexity index is 552. The van der Waals surface area contributed by atoms with E-state index in [1.807, 2.05) is 18.0 Å². The summed E-state index contributed by atoms with van der Waals surface area (Å²) in [4.78, 5) is 3.05. The quantitative estimate of drug-likeness (QED) is 0.784. The van der Waals surface area contributed by atoms with Gasteiger partial charge in [0.1, 0.15) is 0 Å². The maximum atomic E-state index is 13.0. The monoisotopic (exact) mass is 286 g/mol. The minimum absolute atomic E-state index is 0.223. The predicted molar refractivity (Wildman–Crippen MR) is 73.0 cm³/mol. The molecule has 0 atom stereocenters. The highest BCUT2D eigenvalue weighted by Gasteiger charge is 2.37. The van der Waals surface area contributed by atoms with Gasteiger partial charge in [-0.05, 0) is 12.1 Å². The highest BCUT2D eigenvalue weighted by molar-refractivity contribution is 7.99. The summed E-state index contributed by atoms with van der Waals surface area (Å²) < 4.78 is 39.1. The lowest BCUT2D eigenvalue weighted by atomic mass is 9.99. The van der Waals surface area contributed by atoms with Crippen LogP contribution in [0.25, 0.3) is 5.57 Å². The molecular weight excluding hydrogens is 273 g/mol. The van der Waals surface area contributed by atoms with Crippen molar-refractivity contribution in [2.24, 2.45) is 0 Å². The summed E-state index contributed by atoms with van der Waals surface area (Å²) in [5.74, 6) is 0.963. The number of nitrogens with one attached hydrogen (secondary N) is 1. The van der Waals surface area contributed by atoms with Gasteiger partial charge in [-0.25, -0.2) is 0 Å². The summed E-state index contributed by atoms with van der Waals surface area (Å²) in [6.07, 6.45) is -3.09. The first-order chi connectivity index (χ1) is 8.97. The standard InChI is InChI=1S/C13H13F3N2S/c1-18-4-5-19-12-7-10-8(6-11(12)18)9(2-3-17-10)13(14,15)16/h2,6-7,17H,3-5H2,1H3. The highest BCUT2D eigenvalue weighted by atomic mass is 32.2. The Morgan fingerprint density at radius 2 is 2.11 bits per heavy atom. The third kappa shape index (κ3) is 2.18. The van der Waals surface area contributed by atoms with Crippen molar-refractivity contribution in [3.05, 3.63) is 23.8 Å². The summed E-state index contributed by atoms with van der Waals surface area (Å²) in [5, 5.41) is 3.02. The van der Waals surface area contributed by atoms with Gasteiger partial charge in [0.25, 0.3) is 0 Å².